The molecule has 0 saturated carbocycles. The molecule has 0 aliphatic heterocycles. The van der Waals surface area contributed by atoms with E-state index in [-0.39, 0.29) is 0 Å². The van der Waals surface area contributed by atoms with E-state index in [1.165, 1.54) is 20.7 Å². The molecule has 82 valence electrons. The van der Waals surface area contributed by atoms with Crippen LogP contribution >= 0.6 is 49.9 Å². The molecule has 16 heavy (non-hydrogen) atoms. The Bertz CT molecular complexity index is 719. The molecule has 0 aliphatic rings. The Morgan fingerprint density at radius 3 is 2.69 bits per heavy atom. The van der Waals surface area contributed by atoms with Crippen LogP contribution in [0.3, 0.4) is 0 Å². The lowest BCUT2D eigenvalue weighted by Crippen LogP contribution is -1.93. The van der Waals surface area contributed by atoms with Crippen molar-refractivity contribution >= 4 is 74.7 Å². The van der Waals surface area contributed by atoms with Gasteiger partial charge in [0, 0.05) is 9.85 Å². The van der Waals surface area contributed by atoms with Crippen molar-refractivity contribution in [3.8, 4) is 0 Å². The lowest BCUT2D eigenvalue weighted by Gasteiger charge is -1.89. The van der Waals surface area contributed by atoms with Gasteiger partial charge in [0.05, 0.1) is 18.8 Å². The Morgan fingerprint density at radius 2 is 2.00 bits per heavy atom. The minimum absolute atomic E-state index is 0.465. The van der Waals surface area contributed by atoms with Crippen molar-refractivity contribution < 1.29 is 9.90 Å². The zero-order valence-electron chi connectivity index (χ0n) is 8.04. The summed E-state index contributed by atoms with van der Waals surface area (Å²) in [5.74, 6) is -0.824. The molecule has 0 radical (unpaired) electrons. The number of aryl methyl sites for hydroxylation is 1. The number of carbonyl (C=O) groups is 1. The number of aromatic carboxylic acids is 1. The van der Waals surface area contributed by atoms with Crippen LogP contribution < -0.4 is 0 Å². The molecule has 3 aromatic rings. The molecule has 0 spiro atoms. The molecular weight excluding hydrogens is 328 g/mol. The van der Waals surface area contributed by atoms with Gasteiger partial charge < -0.3 is 5.11 Å². The number of hydrogen-bond donors (Lipinski definition) is 1. The number of carboxylic acids is 1. The minimum Gasteiger partial charge on any atom is -0.477 e. The van der Waals surface area contributed by atoms with Crippen LogP contribution in [0, 0.1) is 6.92 Å². The zero-order chi connectivity index (χ0) is 11.4. The van der Waals surface area contributed by atoms with Crippen molar-refractivity contribution in [2.45, 2.75) is 6.92 Å². The fraction of sp³-hybridized carbons (Fsp3) is 0.100. The van der Waals surface area contributed by atoms with E-state index >= 15 is 0 Å². The summed E-state index contributed by atoms with van der Waals surface area (Å²) in [6.07, 6.45) is 0. The third-order valence-electron chi connectivity index (χ3n) is 2.40. The molecule has 1 N–H and O–H groups in total. The largest absolute Gasteiger partial charge is 0.477 e. The predicted octanol–water partition coefficient (Wildman–Crippen LogP) is 4.95. The van der Waals surface area contributed by atoms with Gasteiger partial charge in [-0.05, 0) is 28.4 Å². The van der Waals surface area contributed by atoms with Crippen LogP contribution in [-0.4, -0.2) is 11.1 Å². The molecule has 0 aromatic carbocycles. The van der Waals surface area contributed by atoms with E-state index in [1.807, 2.05) is 6.92 Å². The number of fused-ring (bicyclic) bond motifs is 3. The topological polar surface area (TPSA) is 37.3 Å². The van der Waals surface area contributed by atoms with Gasteiger partial charge in [0.1, 0.15) is 4.88 Å². The molecule has 2 nitrogen and oxygen atoms in total. The smallest absolute Gasteiger partial charge is 0.346 e. The van der Waals surface area contributed by atoms with E-state index < -0.39 is 5.97 Å². The first-order valence-corrected chi connectivity index (χ1v) is 7.72. The summed E-state index contributed by atoms with van der Waals surface area (Å²) in [5.41, 5.74) is 0.896. The summed E-state index contributed by atoms with van der Waals surface area (Å²) in [6.45, 7) is 1.89. The molecule has 0 unspecified atom stereocenters. The Hall–Kier alpha value is -0.430. The van der Waals surface area contributed by atoms with Crippen LogP contribution in [0.4, 0.5) is 0 Å². The van der Waals surface area contributed by atoms with Crippen molar-refractivity contribution in [2.75, 3.05) is 0 Å². The fourth-order valence-corrected chi connectivity index (χ4v) is 6.32. The average molecular weight is 333 g/mol. The summed E-state index contributed by atoms with van der Waals surface area (Å²) in [6, 6.07) is 0. The highest BCUT2D eigenvalue weighted by Gasteiger charge is 2.20. The normalized spacial score (nSPS) is 11.6. The van der Waals surface area contributed by atoms with E-state index in [0.717, 1.165) is 19.4 Å². The van der Waals surface area contributed by atoms with Gasteiger partial charge >= 0.3 is 5.97 Å². The predicted molar refractivity (Wildman–Crippen MR) is 74.5 cm³/mol. The summed E-state index contributed by atoms with van der Waals surface area (Å²) < 4.78 is 5.77. The quantitative estimate of drug-likeness (QED) is 0.684. The van der Waals surface area contributed by atoms with Crippen LogP contribution in [0.25, 0.3) is 18.8 Å². The first-order valence-electron chi connectivity index (χ1n) is 4.41. The van der Waals surface area contributed by atoms with Gasteiger partial charge in [-0.2, -0.15) is 0 Å². The molecule has 0 saturated heterocycles. The average Bonchev–Trinajstić information content (AvgIpc) is 2.82. The number of rotatable bonds is 1. The lowest BCUT2D eigenvalue weighted by molar-refractivity contribution is 0.0701. The van der Waals surface area contributed by atoms with Gasteiger partial charge in [0.15, 0.2) is 0 Å². The van der Waals surface area contributed by atoms with Gasteiger partial charge in [-0.25, -0.2) is 4.79 Å². The fourth-order valence-electron chi connectivity index (χ4n) is 1.65. The highest BCUT2D eigenvalue weighted by molar-refractivity contribution is 9.10. The van der Waals surface area contributed by atoms with Crippen LogP contribution in [0.5, 0.6) is 0 Å². The molecule has 0 fully saturated rings. The van der Waals surface area contributed by atoms with Crippen molar-refractivity contribution in [1.82, 2.24) is 0 Å². The van der Waals surface area contributed by atoms with Crippen molar-refractivity contribution in [3.05, 3.63) is 20.3 Å². The van der Waals surface area contributed by atoms with Crippen molar-refractivity contribution in [2.24, 2.45) is 0 Å². The van der Waals surface area contributed by atoms with Gasteiger partial charge in [-0.3, -0.25) is 0 Å². The molecule has 0 amide bonds. The maximum absolute atomic E-state index is 11.0. The second-order valence-electron chi connectivity index (χ2n) is 3.36. The first kappa shape index (κ1) is 10.7. The minimum atomic E-state index is -0.824. The molecule has 3 rings (SSSR count). The molecule has 0 atom stereocenters. The number of carboxylic acid groups (broad SMARTS) is 1. The first-order chi connectivity index (χ1) is 7.59. The van der Waals surface area contributed by atoms with E-state index in [1.54, 1.807) is 22.7 Å². The molecule has 0 aliphatic carbocycles. The number of hydrogen-bond acceptors (Lipinski definition) is 4. The van der Waals surface area contributed by atoms with E-state index in [0.29, 0.717) is 4.88 Å². The van der Waals surface area contributed by atoms with Crippen LogP contribution in [0.15, 0.2) is 9.85 Å². The Balaban J connectivity index is 2.48. The highest BCUT2D eigenvalue weighted by Crippen LogP contribution is 2.47. The summed E-state index contributed by atoms with van der Waals surface area (Å²) in [5, 5.41) is 11.1. The number of halogens is 1. The molecule has 3 aromatic heterocycles. The summed E-state index contributed by atoms with van der Waals surface area (Å²) >= 11 is 8.23. The Labute approximate surface area is 111 Å². The molecular formula is C10H5BrO2S3. The Kier molecular flexibility index (Phi) is 2.36. The van der Waals surface area contributed by atoms with Crippen molar-refractivity contribution in [1.29, 1.82) is 0 Å². The molecule has 3 heterocycles. The van der Waals surface area contributed by atoms with Gasteiger partial charge in [-0.1, -0.05) is 0 Å². The third-order valence-corrected chi connectivity index (χ3v) is 7.62. The zero-order valence-corrected chi connectivity index (χ0v) is 12.1. The van der Waals surface area contributed by atoms with E-state index in [2.05, 4.69) is 21.3 Å². The van der Waals surface area contributed by atoms with E-state index in [4.69, 9.17) is 5.11 Å². The summed E-state index contributed by atoms with van der Waals surface area (Å²) in [7, 11) is 0. The lowest BCUT2D eigenvalue weighted by atomic mass is 10.3. The van der Waals surface area contributed by atoms with Crippen molar-refractivity contribution in [3.63, 3.8) is 0 Å². The van der Waals surface area contributed by atoms with Gasteiger partial charge in [0.25, 0.3) is 0 Å². The Morgan fingerprint density at radius 1 is 1.25 bits per heavy atom. The van der Waals surface area contributed by atoms with E-state index in [9.17, 15) is 4.79 Å². The SMILES string of the molecule is Cc1c(C(=O)O)sc2c1sc1c(Br)csc12. The molecule has 6 heteroatoms. The van der Waals surface area contributed by atoms with Gasteiger partial charge in [0.2, 0.25) is 0 Å². The van der Waals surface area contributed by atoms with Crippen LogP contribution in [0.2, 0.25) is 0 Å². The maximum atomic E-state index is 11.0. The van der Waals surface area contributed by atoms with Crippen LogP contribution in [0.1, 0.15) is 15.2 Å². The third kappa shape index (κ3) is 1.30. The monoisotopic (exact) mass is 332 g/mol. The second kappa shape index (κ2) is 3.53. The second-order valence-corrected chi connectivity index (χ2v) is 7.14. The van der Waals surface area contributed by atoms with Gasteiger partial charge in [-0.15, -0.1) is 34.0 Å². The van der Waals surface area contributed by atoms with Crippen LogP contribution in [-0.2, 0) is 0 Å². The highest BCUT2D eigenvalue weighted by atomic mass is 79.9. The number of thiophene rings is 3. The molecule has 0 bridgehead atoms. The standard InChI is InChI=1S/C10H5BrO2S3/c1-3-5-9(16-6(3)10(12)13)8-7(15-5)4(11)2-14-8/h2H,1H3,(H,12,13). The maximum Gasteiger partial charge on any atom is 0.346 e. The summed E-state index contributed by atoms with van der Waals surface area (Å²) in [4.78, 5) is 11.5.